The van der Waals surface area contributed by atoms with Crippen LogP contribution in [0, 0.1) is 25.2 Å². The second-order valence-corrected chi connectivity index (χ2v) is 9.88. The van der Waals surface area contributed by atoms with Crippen LogP contribution in [0.4, 0.5) is 5.00 Å². The van der Waals surface area contributed by atoms with Crippen LogP contribution in [0.15, 0.2) is 23.1 Å². The summed E-state index contributed by atoms with van der Waals surface area (Å²) in [5.41, 5.74) is 2.17. The average Bonchev–Trinajstić information content (AvgIpc) is 3.00. The molecule has 0 unspecified atom stereocenters. The first kappa shape index (κ1) is 21.5. The van der Waals surface area contributed by atoms with Gasteiger partial charge in [0.1, 0.15) is 11.1 Å². The van der Waals surface area contributed by atoms with E-state index in [1.165, 1.54) is 21.7 Å². The molecule has 3 rings (SSSR count). The Labute approximate surface area is 175 Å². The predicted octanol–water partition coefficient (Wildman–Crippen LogP) is 3.07. The third-order valence-corrected chi connectivity index (χ3v) is 8.13. The summed E-state index contributed by atoms with van der Waals surface area (Å²) in [6.07, 6.45) is 0.530. The summed E-state index contributed by atoms with van der Waals surface area (Å²) in [6.45, 7) is 6.90. The Hall–Kier alpha value is -2.25. The SMILES string of the molecule is CCc1ccc(C(=O)Nc2sc(C)c(C)c2C#N)cc1S(=O)(=O)N1CCOCC1. The Balaban J connectivity index is 1.95. The number of carbonyl (C=O) groups is 1. The smallest absolute Gasteiger partial charge is 0.256 e. The van der Waals surface area contributed by atoms with Crippen molar-refractivity contribution < 1.29 is 17.9 Å². The van der Waals surface area contributed by atoms with Crippen molar-refractivity contribution in [3.8, 4) is 6.07 Å². The number of carbonyl (C=O) groups excluding carboxylic acids is 1. The fourth-order valence-electron chi connectivity index (χ4n) is 3.18. The topological polar surface area (TPSA) is 99.5 Å². The maximum Gasteiger partial charge on any atom is 0.256 e. The Kier molecular flexibility index (Phi) is 6.39. The van der Waals surface area contributed by atoms with Crippen LogP contribution < -0.4 is 5.32 Å². The van der Waals surface area contributed by atoms with Gasteiger partial charge in [0.05, 0.1) is 23.7 Å². The maximum atomic E-state index is 13.1. The van der Waals surface area contributed by atoms with Crippen molar-refractivity contribution in [1.29, 1.82) is 5.26 Å². The third-order valence-electron chi connectivity index (χ3n) is 5.02. The van der Waals surface area contributed by atoms with Crippen molar-refractivity contribution in [3.63, 3.8) is 0 Å². The average molecular weight is 434 g/mol. The Morgan fingerprint density at radius 1 is 1.31 bits per heavy atom. The molecule has 29 heavy (non-hydrogen) atoms. The quantitative estimate of drug-likeness (QED) is 0.781. The van der Waals surface area contributed by atoms with Gasteiger partial charge >= 0.3 is 0 Å². The largest absolute Gasteiger partial charge is 0.379 e. The number of ether oxygens (including phenoxy) is 1. The minimum Gasteiger partial charge on any atom is -0.379 e. The number of rotatable bonds is 5. The van der Waals surface area contributed by atoms with Crippen molar-refractivity contribution >= 4 is 32.3 Å². The van der Waals surface area contributed by atoms with Gasteiger partial charge in [0, 0.05) is 23.5 Å². The van der Waals surface area contributed by atoms with E-state index in [-0.39, 0.29) is 10.5 Å². The zero-order valence-corrected chi connectivity index (χ0v) is 18.2. The van der Waals surface area contributed by atoms with E-state index in [1.807, 2.05) is 20.8 Å². The van der Waals surface area contributed by atoms with E-state index in [9.17, 15) is 18.5 Å². The predicted molar refractivity (Wildman–Crippen MR) is 112 cm³/mol. The summed E-state index contributed by atoms with van der Waals surface area (Å²) in [5.74, 6) is -0.441. The molecule has 2 aromatic rings. The monoisotopic (exact) mass is 433 g/mol. The van der Waals surface area contributed by atoms with Crippen LogP contribution in [0.2, 0.25) is 0 Å². The summed E-state index contributed by atoms with van der Waals surface area (Å²) in [4.78, 5) is 13.9. The molecule has 154 valence electrons. The van der Waals surface area contributed by atoms with Crippen molar-refractivity contribution in [2.75, 3.05) is 31.6 Å². The molecular weight excluding hydrogens is 410 g/mol. The van der Waals surface area contributed by atoms with E-state index in [0.717, 1.165) is 10.4 Å². The van der Waals surface area contributed by atoms with Gasteiger partial charge in [-0.15, -0.1) is 11.3 Å². The van der Waals surface area contributed by atoms with Gasteiger partial charge in [-0.05, 0) is 43.5 Å². The molecule has 0 aliphatic carbocycles. The molecule has 1 N–H and O–H groups in total. The molecular formula is C20H23N3O4S2. The molecule has 1 aromatic heterocycles. The summed E-state index contributed by atoms with van der Waals surface area (Å²) in [7, 11) is -3.73. The van der Waals surface area contributed by atoms with E-state index in [0.29, 0.717) is 48.9 Å². The number of hydrogen-bond acceptors (Lipinski definition) is 6. The molecule has 1 saturated heterocycles. The van der Waals surface area contributed by atoms with Crippen LogP contribution in [0.5, 0.6) is 0 Å². The van der Waals surface area contributed by atoms with Gasteiger partial charge in [-0.3, -0.25) is 4.79 Å². The van der Waals surface area contributed by atoms with Gasteiger partial charge in [-0.2, -0.15) is 9.57 Å². The highest BCUT2D eigenvalue weighted by atomic mass is 32.2. The molecule has 0 radical (unpaired) electrons. The van der Waals surface area contributed by atoms with Crippen molar-refractivity contribution in [3.05, 3.63) is 45.3 Å². The van der Waals surface area contributed by atoms with E-state index in [2.05, 4.69) is 11.4 Å². The normalized spacial score (nSPS) is 15.1. The number of morpholine rings is 1. The van der Waals surface area contributed by atoms with Crippen molar-refractivity contribution in [2.24, 2.45) is 0 Å². The van der Waals surface area contributed by atoms with Crippen LogP contribution >= 0.6 is 11.3 Å². The molecule has 0 atom stereocenters. The minimum atomic E-state index is -3.73. The Bertz CT molecular complexity index is 1080. The van der Waals surface area contributed by atoms with Crippen LogP contribution in [-0.2, 0) is 21.2 Å². The maximum absolute atomic E-state index is 13.1. The number of nitrogens with one attached hydrogen (secondary N) is 1. The highest BCUT2D eigenvalue weighted by Gasteiger charge is 2.29. The number of anilines is 1. The lowest BCUT2D eigenvalue weighted by atomic mass is 10.1. The number of aryl methyl sites for hydroxylation is 2. The summed E-state index contributed by atoms with van der Waals surface area (Å²) < 4.78 is 32.9. The lowest BCUT2D eigenvalue weighted by molar-refractivity contribution is 0.0730. The van der Waals surface area contributed by atoms with Crippen LogP contribution in [0.1, 0.15) is 38.8 Å². The van der Waals surface area contributed by atoms with Gasteiger partial charge < -0.3 is 10.1 Å². The van der Waals surface area contributed by atoms with E-state index in [4.69, 9.17) is 4.74 Å². The lowest BCUT2D eigenvalue weighted by Crippen LogP contribution is -2.41. The summed E-state index contributed by atoms with van der Waals surface area (Å²) >= 11 is 1.33. The molecule has 1 aromatic carbocycles. The van der Waals surface area contributed by atoms with Gasteiger partial charge in [-0.1, -0.05) is 13.0 Å². The molecule has 0 bridgehead atoms. The zero-order valence-electron chi connectivity index (χ0n) is 16.6. The summed E-state index contributed by atoms with van der Waals surface area (Å²) in [6, 6.07) is 6.84. The first-order valence-corrected chi connectivity index (χ1v) is 11.6. The van der Waals surface area contributed by atoms with Gasteiger partial charge in [0.2, 0.25) is 10.0 Å². The van der Waals surface area contributed by atoms with Gasteiger partial charge in [-0.25, -0.2) is 8.42 Å². The molecule has 1 aliphatic rings. The number of nitriles is 1. The highest BCUT2D eigenvalue weighted by Crippen LogP contribution is 2.32. The number of sulfonamides is 1. The molecule has 1 fully saturated rings. The van der Waals surface area contributed by atoms with E-state index < -0.39 is 15.9 Å². The van der Waals surface area contributed by atoms with Crippen LogP contribution in [-0.4, -0.2) is 44.9 Å². The molecule has 9 heteroatoms. The molecule has 0 saturated carbocycles. The fraction of sp³-hybridized carbons (Fsp3) is 0.400. The van der Waals surface area contributed by atoms with E-state index >= 15 is 0 Å². The van der Waals surface area contributed by atoms with Crippen molar-refractivity contribution in [2.45, 2.75) is 32.1 Å². The van der Waals surface area contributed by atoms with Crippen molar-refractivity contribution in [1.82, 2.24) is 4.31 Å². The van der Waals surface area contributed by atoms with Crippen LogP contribution in [0.3, 0.4) is 0 Å². The molecule has 1 aliphatic heterocycles. The molecule has 0 spiro atoms. The number of thiophene rings is 1. The number of hydrogen-bond donors (Lipinski definition) is 1. The minimum absolute atomic E-state index is 0.147. The number of nitrogens with zero attached hydrogens (tertiary/aromatic N) is 2. The molecule has 2 heterocycles. The second kappa shape index (κ2) is 8.63. The summed E-state index contributed by atoms with van der Waals surface area (Å²) in [5, 5.41) is 12.6. The first-order valence-electron chi connectivity index (χ1n) is 9.31. The second-order valence-electron chi connectivity index (χ2n) is 6.75. The molecule has 7 nitrogen and oxygen atoms in total. The number of amides is 1. The van der Waals surface area contributed by atoms with Gasteiger partial charge in [0.15, 0.2) is 0 Å². The zero-order chi connectivity index (χ0) is 21.2. The Morgan fingerprint density at radius 2 is 2.00 bits per heavy atom. The lowest BCUT2D eigenvalue weighted by Gasteiger charge is -2.27. The standard InChI is InChI=1S/C20H23N3O4S2/c1-4-15-5-6-16(11-18(15)29(25,26)23-7-9-27-10-8-23)19(24)22-20-17(12-21)13(2)14(3)28-20/h5-6,11H,4,7-10H2,1-3H3,(H,22,24). The first-order chi connectivity index (χ1) is 13.8. The molecule has 1 amide bonds. The Morgan fingerprint density at radius 3 is 2.62 bits per heavy atom. The van der Waals surface area contributed by atoms with E-state index in [1.54, 1.807) is 12.1 Å². The number of benzene rings is 1. The van der Waals surface area contributed by atoms with Gasteiger partial charge in [0.25, 0.3) is 5.91 Å². The fourth-order valence-corrected chi connectivity index (χ4v) is 5.91. The van der Waals surface area contributed by atoms with Crippen LogP contribution in [0.25, 0.3) is 0 Å². The third kappa shape index (κ3) is 4.21. The highest BCUT2D eigenvalue weighted by molar-refractivity contribution is 7.89.